The number of allylic oxidation sites excluding steroid dienone is 1. The highest BCUT2D eigenvalue weighted by atomic mass is 16.5. The first-order chi connectivity index (χ1) is 4.84. The van der Waals surface area contributed by atoms with Gasteiger partial charge in [0.15, 0.2) is 0 Å². The first kappa shape index (κ1) is 6.81. The number of carbonyl (C=O) groups excluding carboxylic acids is 1. The summed E-state index contributed by atoms with van der Waals surface area (Å²) < 4.78 is 4.68. The SMILES string of the molecule is N#CC1=CCCCOC1=O. The van der Waals surface area contributed by atoms with Gasteiger partial charge in [-0.15, -0.1) is 0 Å². The summed E-state index contributed by atoms with van der Waals surface area (Å²) in [5.74, 6) is -0.486. The quantitative estimate of drug-likeness (QED) is 0.463. The summed E-state index contributed by atoms with van der Waals surface area (Å²) in [4.78, 5) is 10.7. The van der Waals surface area contributed by atoms with Gasteiger partial charge >= 0.3 is 5.97 Å². The lowest BCUT2D eigenvalue weighted by molar-refractivity contribution is -0.138. The van der Waals surface area contributed by atoms with Crippen molar-refractivity contribution in [3.8, 4) is 6.07 Å². The van der Waals surface area contributed by atoms with Gasteiger partial charge in [-0.05, 0) is 12.8 Å². The topological polar surface area (TPSA) is 50.1 Å². The van der Waals surface area contributed by atoms with E-state index < -0.39 is 5.97 Å². The molecule has 0 saturated carbocycles. The Morgan fingerprint density at radius 1 is 1.70 bits per heavy atom. The number of nitrogens with zero attached hydrogens (tertiary/aromatic N) is 1. The summed E-state index contributed by atoms with van der Waals surface area (Å²) in [7, 11) is 0. The average Bonchev–Trinajstić information content (AvgIpc) is 2.13. The fourth-order valence-electron chi connectivity index (χ4n) is 0.747. The maximum atomic E-state index is 10.7. The normalized spacial score (nSPS) is 18.3. The molecule has 0 fully saturated rings. The zero-order valence-corrected chi connectivity index (χ0v) is 5.46. The van der Waals surface area contributed by atoms with Crippen LogP contribution in [0.25, 0.3) is 0 Å². The van der Waals surface area contributed by atoms with E-state index in [1.807, 2.05) is 0 Å². The molecule has 0 atom stereocenters. The Hall–Kier alpha value is -1.30. The number of cyclic esters (lactones) is 1. The van der Waals surface area contributed by atoms with Crippen LogP contribution in [0, 0.1) is 11.3 Å². The highest BCUT2D eigenvalue weighted by molar-refractivity contribution is 5.92. The first-order valence-corrected chi connectivity index (χ1v) is 3.12. The molecule has 0 aliphatic carbocycles. The fraction of sp³-hybridized carbons (Fsp3) is 0.429. The molecule has 0 N–H and O–H groups in total. The van der Waals surface area contributed by atoms with Crippen molar-refractivity contribution in [2.24, 2.45) is 0 Å². The van der Waals surface area contributed by atoms with Crippen LogP contribution < -0.4 is 0 Å². The first-order valence-electron chi connectivity index (χ1n) is 3.12. The van der Waals surface area contributed by atoms with Crippen LogP contribution >= 0.6 is 0 Å². The van der Waals surface area contributed by atoms with Gasteiger partial charge in [-0.25, -0.2) is 4.79 Å². The van der Waals surface area contributed by atoms with Crippen LogP contribution in [-0.2, 0) is 9.53 Å². The number of ether oxygens (including phenoxy) is 1. The van der Waals surface area contributed by atoms with Crippen molar-refractivity contribution in [1.82, 2.24) is 0 Å². The Kier molecular flexibility index (Phi) is 2.06. The molecule has 0 aromatic rings. The monoisotopic (exact) mass is 137 g/mol. The summed E-state index contributed by atoms with van der Waals surface area (Å²) in [6.45, 7) is 0.431. The van der Waals surface area contributed by atoms with E-state index in [0.717, 1.165) is 12.8 Å². The van der Waals surface area contributed by atoms with Gasteiger partial charge < -0.3 is 4.74 Å². The van der Waals surface area contributed by atoms with Crippen LogP contribution in [0.1, 0.15) is 12.8 Å². The van der Waals surface area contributed by atoms with Crippen molar-refractivity contribution in [1.29, 1.82) is 5.26 Å². The van der Waals surface area contributed by atoms with Crippen LogP contribution in [0.4, 0.5) is 0 Å². The van der Waals surface area contributed by atoms with Crippen molar-refractivity contribution in [2.45, 2.75) is 12.8 Å². The predicted octanol–water partition coefficient (Wildman–Crippen LogP) is 0.773. The van der Waals surface area contributed by atoms with E-state index in [0.29, 0.717) is 6.61 Å². The third-order valence-corrected chi connectivity index (χ3v) is 1.27. The van der Waals surface area contributed by atoms with Crippen LogP contribution in [0.3, 0.4) is 0 Å². The van der Waals surface area contributed by atoms with Crippen LogP contribution in [0.5, 0.6) is 0 Å². The molecule has 0 unspecified atom stereocenters. The van der Waals surface area contributed by atoms with E-state index in [4.69, 9.17) is 5.26 Å². The number of esters is 1. The smallest absolute Gasteiger partial charge is 0.348 e. The zero-order valence-electron chi connectivity index (χ0n) is 5.46. The molecule has 0 spiro atoms. The summed E-state index contributed by atoms with van der Waals surface area (Å²) in [6.07, 6.45) is 3.20. The van der Waals surface area contributed by atoms with Gasteiger partial charge in [0.25, 0.3) is 0 Å². The molecule has 1 aliphatic heterocycles. The molecule has 3 heteroatoms. The number of nitriles is 1. The molecule has 1 rings (SSSR count). The molecule has 3 nitrogen and oxygen atoms in total. The van der Waals surface area contributed by atoms with Gasteiger partial charge in [-0.2, -0.15) is 5.26 Å². The van der Waals surface area contributed by atoms with Gasteiger partial charge in [0, 0.05) is 0 Å². The standard InChI is InChI=1S/C7H7NO2/c8-5-6-3-1-2-4-10-7(6)9/h3H,1-2,4H2. The van der Waals surface area contributed by atoms with Crippen molar-refractivity contribution in [3.05, 3.63) is 11.6 Å². The van der Waals surface area contributed by atoms with E-state index in [2.05, 4.69) is 4.74 Å². The van der Waals surface area contributed by atoms with Crippen molar-refractivity contribution in [3.63, 3.8) is 0 Å². The van der Waals surface area contributed by atoms with E-state index in [-0.39, 0.29) is 5.57 Å². The lowest BCUT2D eigenvalue weighted by Crippen LogP contribution is -2.04. The third-order valence-electron chi connectivity index (χ3n) is 1.27. The molecule has 0 bridgehead atoms. The van der Waals surface area contributed by atoms with E-state index in [1.165, 1.54) is 0 Å². The summed E-state index contributed by atoms with van der Waals surface area (Å²) >= 11 is 0. The number of rotatable bonds is 0. The van der Waals surface area contributed by atoms with E-state index in [1.54, 1.807) is 12.1 Å². The lowest BCUT2D eigenvalue weighted by Gasteiger charge is -1.95. The van der Waals surface area contributed by atoms with Gasteiger partial charge in [0.05, 0.1) is 6.61 Å². The van der Waals surface area contributed by atoms with Gasteiger partial charge in [-0.3, -0.25) is 0 Å². The van der Waals surface area contributed by atoms with Crippen molar-refractivity contribution in [2.75, 3.05) is 6.61 Å². The fourth-order valence-corrected chi connectivity index (χ4v) is 0.747. The highest BCUT2D eigenvalue weighted by Crippen LogP contribution is 2.06. The molecular weight excluding hydrogens is 130 g/mol. The molecule has 52 valence electrons. The molecular formula is C7H7NO2. The Balaban J connectivity index is 2.74. The molecule has 0 aromatic heterocycles. The van der Waals surface area contributed by atoms with Crippen LogP contribution in [0.2, 0.25) is 0 Å². The highest BCUT2D eigenvalue weighted by Gasteiger charge is 2.11. The zero-order chi connectivity index (χ0) is 7.40. The van der Waals surface area contributed by atoms with E-state index in [9.17, 15) is 4.79 Å². The maximum absolute atomic E-state index is 10.7. The third kappa shape index (κ3) is 1.35. The predicted molar refractivity (Wildman–Crippen MR) is 33.9 cm³/mol. The molecule has 0 aromatic carbocycles. The van der Waals surface area contributed by atoms with Gasteiger partial charge in [-0.1, -0.05) is 6.08 Å². The minimum Gasteiger partial charge on any atom is -0.462 e. The summed E-state index contributed by atoms with van der Waals surface area (Å²) in [6, 6.07) is 1.78. The minimum atomic E-state index is -0.486. The van der Waals surface area contributed by atoms with Gasteiger partial charge in [0.1, 0.15) is 11.6 Å². The Morgan fingerprint density at radius 2 is 2.50 bits per heavy atom. The Labute approximate surface area is 58.9 Å². The lowest BCUT2D eigenvalue weighted by atomic mass is 10.2. The maximum Gasteiger partial charge on any atom is 0.348 e. The molecule has 10 heavy (non-hydrogen) atoms. The second-order valence-electron chi connectivity index (χ2n) is 2.01. The molecule has 0 amide bonds. The summed E-state index contributed by atoms with van der Waals surface area (Å²) in [5.41, 5.74) is 0.137. The van der Waals surface area contributed by atoms with E-state index >= 15 is 0 Å². The summed E-state index contributed by atoms with van der Waals surface area (Å²) in [5, 5.41) is 8.37. The van der Waals surface area contributed by atoms with Crippen LogP contribution in [-0.4, -0.2) is 12.6 Å². The average molecular weight is 137 g/mol. The molecule has 1 heterocycles. The largest absolute Gasteiger partial charge is 0.462 e. The van der Waals surface area contributed by atoms with Crippen molar-refractivity contribution >= 4 is 5.97 Å². The van der Waals surface area contributed by atoms with Crippen molar-refractivity contribution < 1.29 is 9.53 Å². The Morgan fingerprint density at radius 3 is 3.20 bits per heavy atom. The minimum absolute atomic E-state index is 0.137. The number of carbonyl (C=O) groups is 1. The molecule has 1 aliphatic rings. The second-order valence-corrected chi connectivity index (χ2v) is 2.01. The molecule has 0 saturated heterocycles. The number of hydrogen-bond acceptors (Lipinski definition) is 3. The second kappa shape index (κ2) is 3.02. The number of hydrogen-bond donors (Lipinski definition) is 0. The Bertz CT molecular complexity index is 212. The van der Waals surface area contributed by atoms with Gasteiger partial charge in [0.2, 0.25) is 0 Å². The molecule has 0 radical (unpaired) electrons. The van der Waals surface area contributed by atoms with Crippen LogP contribution in [0.15, 0.2) is 11.6 Å².